The Labute approximate surface area is 204 Å². The number of methoxy groups -OCH3 is 1. The van der Waals surface area contributed by atoms with Crippen LogP contribution >= 0.6 is 0 Å². The van der Waals surface area contributed by atoms with Crippen molar-refractivity contribution < 1.29 is 13.9 Å². The van der Waals surface area contributed by atoms with Crippen LogP contribution in [0.2, 0.25) is 0 Å². The first-order valence-electron chi connectivity index (χ1n) is 11.9. The molecule has 1 fully saturated rings. The van der Waals surface area contributed by atoms with Crippen molar-refractivity contribution in [2.75, 3.05) is 25.5 Å². The molecule has 1 amide bonds. The molecule has 1 N–H and O–H groups in total. The van der Waals surface area contributed by atoms with E-state index in [-0.39, 0.29) is 17.6 Å². The third-order valence-corrected chi connectivity index (χ3v) is 6.59. The molecule has 5 rings (SSSR count). The van der Waals surface area contributed by atoms with Gasteiger partial charge in [0, 0.05) is 18.8 Å². The SMILES string of the molecule is COc1ccc(Cn2c(CN3CCC[C@@H](C(=O)Nc4ccc(F)cc4)C3)nc3ccccc32)cc1. The second-order valence-corrected chi connectivity index (χ2v) is 9.02. The van der Waals surface area contributed by atoms with Crippen LogP contribution in [-0.4, -0.2) is 40.6 Å². The Morgan fingerprint density at radius 1 is 1.06 bits per heavy atom. The maximum absolute atomic E-state index is 13.2. The Morgan fingerprint density at radius 3 is 2.60 bits per heavy atom. The fourth-order valence-corrected chi connectivity index (χ4v) is 4.73. The van der Waals surface area contributed by atoms with Crippen molar-refractivity contribution in [3.63, 3.8) is 0 Å². The van der Waals surface area contributed by atoms with Gasteiger partial charge in [-0.3, -0.25) is 9.69 Å². The van der Waals surface area contributed by atoms with Crippen molar-refractivity contribution in [3.8, 4) is 5.75 Å². The summed E-state index contributed by atoms with van der Waals surface area (Å²) in [4.78, 5) is 20.1. The molecule has 7 heteroatoms. The van der Waals surface area contributed by atoms with Crippen LogP contribution in [0.1, 0.15) is 24.2 Å². The average molecular weight is 473 g/mol. The van der Waals surface area contributed by atoms with E-state index in [1.807, 2.05) is 30.3 Å². The number of imidazole rings is 1. The molecule has 4 aromatic rings. The fraction of sp³-hybridized carbons (Fsp3) is 0.286. The number of piperidine rings is 1. The number of rotatable bonds is 7. The highest BCUT2D eigenvalue weighted by molar-refractivity contribution is 5.92. The molecule has 180 valence electrons. The lowest BCUT2D eigenvalue weighted by Crippen LogP contribution is -2.40. The van der Waals surface area contributed by atoms with Gasteiger partial charge < -0.3 is 14.6 Å². The zero-order valence-electron chi connectivity index (χ0n) is 19.8. The van der Waals surface area contributed by atoms with Gasteiger partial charge in [0.15, 0.2) is 0 Å². The summed E-state index contributed by atoms with van der Waals surface area (Å²) in [6.45, 7) is 2.97. The van der Waals surface area contributed by atoms with E-state index in [4.69, 9.17) is 9.72 Å². The molecule has 1 saturated heterocycles. The van der Waals surface area contributed by atoms with Crippen molar-refractivity contribution in [2.45, 2.75) is 25.9 Å². The van der Waals surface area contributed by atoms with E-state index in [1.54, 1.807) is 19.2 Å². The summed E-state index contributed by atoms with van der Waals surface area (Å²) >= 11 is 0. The smallest absolute Gasteiger partial charge is 0.228 e. The Hall–Kier alpha value is -3.71. The number of halogens is 1. The lowest BCUT2D eigenvalue weighted by Gasteiger charge is -2.31. The number of ether oxygens (including phenoxy) is 1. The maximum Gasteiger partial charge on any atom is 0.228 e. The van der Waals surface area contributed by atoms with Crippen LogP contribution in [-0.2, 0) is 17.9 Å². The third kappa shape index (κ3) is 5.35. The molecule has 0 saturated carbocycles. The molecule has 35 heavy (non-hydrogen) atoms. The monoisotopic (exact) mass is 472 g/mol. The number of para-hydroxylation sites is 2. The number of nitrogens with zero attached hydrogens (tertiary/aromatic N) is 3. The number of carbonyl (C=O) groups is 1. The van der Waals surface area contributed by atoms with Gasteiger partial charge in [-0.15, -0.1) is 0 Å². The van der Waals surface area contributed by atoms with Gasteiger partial charge in [0.25, 0.3) is 0 Å². The van der Waals surface area contributed by atoms with E-state index in [0.717, 1.165) is 42.0 Å². The van der Waals surface area contributed by atoms with Crippen molar-refractivity contribution in [3.05, 3.63) is 90.0 Å². The molecule has 0 spiro atoms. The first-order chi connectivity index (χ1) is 17.1. The number of likely N-dealkylation sites (tertiary alicyclic amines) is 1. The van der Waals surface area contributed by atoms with Crippen LogP contribution in [0.15, 0.2) is 72.8 Å². The molecule has 1 atom stereocenters. The summed E-state index contributed by atoms with van der Waals surface area (Å²) in [7, 11) is 1.67. The molecular formula is C28H29FN4O2. The van der Waals surface area contributed by atoms with Crippen molar-refractivity contribution in [2.24, 2.45) is 5.92 Å². The summed E-state index contributed by atoms with van der Waals surface area (Å²) in [5, 5.41) is 2.93. The van der Waals surface area contributed by atoms with Crippen molar-refractivity contribution >= 4 is 22.6 Å². The fourth-order valence-electron chi connectivity index (χ4n) is 4.73. The summed E-state index contributed by atoms with van der Waals surface area (Å²) < 4.78 is 20.7. The number of hydrogen-bond acceptors (Lipinski definition) is 4. The molecule has 3 aromatic carbocycles. The zero-order chi connectivity index (χ0) is 24.2. The first kappa shape index (κ1) is 23.1. The minimum atomic E-state index is -0.315. The van der Waals surface area contributed by atoms with Crippen LogP contribution in [0.4, 0.5) is 10.1 Å². The number of nitrogens with one attached hydrogen (secondary N) is 1. The van der Waals surface area contributed by atoms with Gasteiger partial charge >= 0.3 is 0 Å². The number of amides is 1. The number of hydrogen-bond donors (Lipinski definition) is 1. The Morgan fingerprint density at radius 2 is 1.83 bits per heavy atom. The number of anilines is 1. The van der Waals surface area contributed by atoms with E-state index < -0.39 is 0 Å². The van der Waals surface area contributed by atoms with Gasteiger partial charge in [0.1, 0.15) is 17.4 Å². The molecule has 6 nitrogen and oxygen atoms in total. The number of aromatic nitrogens is 2. The van der Waals surface area contributed by atoms with Crippen LogP contribution in [0, 0.1) is 11.7 Å². The summed E-state index contributed by atoms with van der Waals surface area (Å²) in [5.41, 5.74) is 3.86. The Kier molecular flexibility index (Phi) is 6.77. The van der Waals surface area contributed by atoms with E-state index in [2.05, 4.69) is 33.0 Å². The van der Waals surface area contributed by atoms with E-state index in [0.29, 0.717) is 25.3 Å². The Balaban J connectivity index is 1.32. The van der Waals surface area contributed by atoms with E-state index in [9.17, 15) is 9.18 Å². The normalized spacial score (nSPS) is 16.3. The summed E-state index contributed by atoms with van der Waals surface area (Å²) in [6.07, 6.45) is 1.78. The van der Waals surface area contributed by atoms with Crippen molar-refractivity contribution in [1.29, 1.82) is 0 Å². The molecule has 0 unspecified atom stereocenters. The highest BCUT2D eigenvalue weighted by Crippen LogP contribution is 2.24. The molecule has 0 aliphatic carbocycles. The summed E-state index contributed by atoms with van der Waals surface area (Å²) in [6, 6.07) is 22.2. The molecule has 0 radical (unpaired) electrons. The third-order valence-electron chi connectivity index (χ3n) is 6.59. The van der Waals surface area contributed by atoms with Gasteiger partial charge in [0.05, 0.1) is 30.6 Å². The molecular weight excluding hydrogens is 443 g/mol. The lowest BCUT2D eigenvalue weighted by atomic mass is 9.97. The van der Waals surface area contributed by atoms with Gasteiger partial charge in [-0.25, -0.2) is 9.37 Å². The van der Waals surface area contributed by atoms with Gasteiger partial charge in [-0.1, -0.05) is 24.3 Å². The average Bonchev–Trinajstić information content (AvgIpc) is 3.22. The first-order valence-corrected chi connectivity index (χ1v) is 11.9. The maximum atomic E-state index is 13.2. The predicted molar refractivity (Wildman–Crippen MR) is 135 cm³/mol. The van der Waals surface area contributed by atoms with Crippen LogP contribution in [0.25, 0.3) is 11.0 Å². The molecule has 1 aromatic heterocycles. The Bertz CT molecular complexity index is 1300. The minimum absolute atomic E-state index is 0.0203. The number of fused-ring (bicyclic) bond motifs is 1. The second kappa shape index (κ2) is 10.3. The topological polar surface area (TPSA) is 59.4 Å². The van der Waals surface area contributed by atoms with E-state index in [1.165, 1.54) is 17.7 Å². The molecule has 1 aliphatic heterocycles. The van der Waals surface area contributed by atoms with Gasteiger partial charge in [0.2, 0.25) is 5.91 Å². The highest BCUT2D eigenvalue weighted by Gasteiger charge is 2.27. The van der Waals surface area contributed by atoms with Crippen LogP contribution < -0.4 is 10.1 Å². The molecule has 1 aliphatic rings. The second-order valence-electron chi connectivity index (χ2n) is 9.02. The number of carbonyl (C=O) groups excluding carboxylic acids is 1. The van der Waals surface area contributed by atoms with Crippen LogP contribution in [0.5, 0.6) is 5.75 Å². The quantitative estimate of drug-likeness (QED) is 0.407. The standard InChI is InChI=1S/C28H29FN4O2/c1-35-24-14-8-20(9-15-24)17-33-26-7-3-2-6-25(26)31-27(33)19-32-16-4-5-21(18-32)28(34)30-23-12-10-22(29)11-13-23/h2-3,6-15,21H,4-5,16-19H2,1H3,(H,30,34)/t21-/m1/s1. The zero-order valence-corrected chi connectivity index (χ0v) is 19.8. The molecule has 2 heterocycles. The van der Waals surface area contributed by atoms with Crippen molar-refractivity contribution in [1.82, 2.24) is 14.5 Å². The predicted octanol–water partition coefficient (Wildman–Crippen LogP) is 5.08. The lowest BCUT2D eigenvalue weighted by molar-refractivity contribution is -0.121. The molecule has 0 bridgehead atoms. The highest BCUT2D eigenvalue weighted by atomic mass is 19.1. The summed E-state index contributed by atoms with van der Waals surface area (Å²) in [5.74, 6) is 1.37. The minimum Gasteiger partial charge on any atom is -0.497 e. The van der Waals surface area contributed by atoms with E-state index >= 15 is 0 Å². The van der Waals surface area contributed by atoms with Gasteiger partial charge in [-0.2, -0.15) is 0 Å². The van der Waals surface area contributed by atoms with Crippen LogP contribution in [0.3, 0.4) is 0 Å². The van der Waals surface area contributed by atoms with Gasteiger partial charge in [-0.05, 0) is 73.5 Å². The number of benzene rings is 3. The largest absolute Gasteiger partial charge is 0.497 e.